The molecule has 0 unspecified atom stereocenters. The molecule has 2 aromatic heterocycles. The van der Waals surface area contributed by atoms with Crippen molar-refractivity contribution in [3.8, 4) is 0 Å². The summed E-state index contributed by atoms with van der Waals surface area (Å²) in [6, 6.07) is 4.19. The molecule has 0 amide bonds. The van der Waals surface area contributed by atoms with Crippen molar-refractivity contribution in [3.63, 3.8) is 0 Å². The number of halogens is 1. The Hall–Kier alpha value is -0.830. The molecule has 2 rings (SSSR count). The van der Waals surface area contributed by atoms with Gasteiger partial charge in [-0.05, 0) is 33.0 Å². The normalized spacial score (nSPS) is 12.3. The number of pyridine rings is 1. The molecule has 0 fully saturated rings. The van der Waals surface area contributed by atoms with Crippen LogP contribution < -0.4 is 0 Å². The topological polar surface area (TPSA) is 17.3 Å². The number of aromatic nitrogens is 2. The van der Waals surface area contributed by atoms with E-state index in [1.807, 2.05) is 23.0 Å². The van der Waals surface area contributed by atoms with Crippen molar-refractivity contribution >= 4 is 21.4 Å². The molecule has 0 saturated carbocycles. The Labute approximate surface area is 92.1 Å². The molecule has 2 heterocycles. The molecule has 0 saturated heterocycles. The zero-order chi connectivity index (χ0) is 10.3. The summed E-state index contributed by atoms with van der Waals surface area (Å²) in [7, 11) is 0. The molecule has 0 aromatic carbocycles. The highest BCUT2D eigenvalue weighted by Gasteiger charge is 2.18. The van der Waals surface area contributed by atoms with Gasteiger partial charge in [-0.3, -0.25) is 0 Å². The second kappa shape index (κ2) is 3.09. The minimum Gasteiger partial charge on any atom is -0.240 e. The molecule has 2 aromatic rings. The lowest BCUT2D eigenvalue weighted by Crippen LogP contribution is -2.12. The third-order valence-electron chi connectivity index (χ3n) is 2.30. The second-order valence-electron chi connectivity index (χ2n) is 4.46. The van der Waals surface area contributed by atoms with Crippen molar-refractivity contribution in [3.05, 3.63) is 34.6 Å². The molecule has 0 atom stereocenters. The van der Waals surface area contributed by atoms with E-state index < -0.39 is 0 Å². The SMILES string of the molecule is CC(C)(C)c1cccn2ncc(Br)c12. The Morgan fingerprint density at radius 1 is 1.36 bits per heavy atom. The Bertz CT molecular complexity index is 466. The number of fused-ring (bicyclic) bond motifs is 1. The third-order valence-corrected chi connectivity index (χ3v) is 2.88. The lowest BCUT2D eigenvalue weighted by molar-refractivity contribution is 0.592. The third kappa shape index (κ3) is 1.46. The molecule has 2 nitrogen and oxygen atoms in total. The van der Waals surface area contributed by atoms with Crippen LogP contribution in [-0.2, 0) is 5.41 Å². The van der Waals surface area contributed by atoms with Gasteiger partial charge >= 0.3 is 0 Å². The van der Waals surface area contributed by atoms with Gasteiger partial charge in [0.15, 0.2) is 0 Å². The maximum absolute atomic E-state index is 4.26. The van der Waals surface area contributed by atoms with Gasteiger partial charge in [0.05, 0.1) is 16.2 Å². The quantitative estimate of drug-likeness (QED) is 0.703. The van der Waals surface area contributed by atoms with Crippen molar-refractivity contribution < 1.29 is 0 Å². The maximum Gasteiger partial charge on any atom is 0.0841 e. The minimum absolute atomic E-state index is 0.144. The summed E-state index contributed by atoms with van der Waals surface area (Å²) in [5.41, 5.74) is 2.62. The Morgan fingerprint density at radius 2 is 2.07 bits per heavy atom. The second-order valence-corrected chi connectivity index (χ2v) is 5.31. The van der Waals surface area contributed by atoms with Crippen LogP contribution in [0, 0.1) is 0 Å². The largest absolute Gasteiger partial charge is 0.240 e. The van der Waals surface area contributed by atoms with Crippen molar-refractivity contribution in [1.82, 2.24) is 9.61 Å². The zero-order valence-electron chi connectivity index (χ0n) is 8.58. The van der Waals surface area contributed by atoms with Gasteiger partial charge in [-0.25, -0.2) is 4.52 Å². The summed E-state index contributed by atoms with van der Waals surface area (Å²) in [4.78, 5) is 0. The highest BCUT2D eigenvalue weighted by molar-refractivity contribution is 9.10. The first kappa shape index (κ1) is 9.71. The van der Waals surface area contributed by atoms with Gasteiger partial charge in [0.25, 0.3) is 0 Å². The Balaban J connectivity index is 2.82. The summed E-state index contributed by atoms with van der Waals surface area (Å²) >= 11 is 3.53. The van der Waals surface area contributed by atoms with Crippen molar-refractivity contribution in [2.45, 2.75) is 26.2 Å². The van der Waals surface area contributed by atoms with Crippen molar-refractivity contribution in [2.24, 2.45) is 0 Å². The molecule has 14 heavy (non-hydrogen) atoms. The van der Waals surface area contributed by atoms with E-state index in [9.17, 15) is 0 Å². The van der Waals surface area contributed by atoms with Gasteiger partial charge in [-0.2, -0.15) is 5.10 Å². The average molecular weight is 253 g/mol. The van der Waals surface area contributed by atoms with E-state index in [0.29, 0.717) is 0 Å². The molecule has 0 bridgehead atoms. The molecule has 0 aliphatic rings. The van der Waals surface area contributed by atoms with E-state index >= 15 is 0 Å². The predicted molar refractivity (Wildman–Crippen MR) is 61.6 cm³/mol. The van der Waals surface area contributed by atoms with E-state index in [1.165, 1.54) is 11.1 Å². The number of hydrogen-bond donors (Lipinski definition) is 0. The molecule has 3 heteroatoms. The minimum atomic E-state index is 0.144. The first-order chi connectivity index (χ1) is 6.50. The van der Waals surface area contributed by atoms with Crippen molar-refractivity contribution in [2.75, 3.05) is 0 Å². The number of rotatable bonds is 0. The van der Waals surface area contributed by atoms with Crippen LogP contribution in [0.2, 0.25) is 0 Å². The van der Waals surface area contributed by atoms with Crippen LogP contribution in [0.15, 0.2) is 29.0 Å². The molecule has 74 valence electrons. The molecule has 0 aliphatic heterocycles. The van der Waals surface area contributed by atoms with Crippen LogP contribution in [0.3, 0.4) is 0 Å². The predicted octanol–water partition coefficient (Wildman–Crippen LogP) is 3.39. The standard InChI is InChI=1S/C11H13BrN2/c1-11(2,3)8-5-4-6-14-10(8)9(12)7-13-14/h4-7H,1-3H3. The molecular formula is C11H13BrN2. The van der Waals surface area contributed by atoms with Gasteiger partial charge < -0.3 is 0 Å². The highest BCUT2D eigenvalue weighted by atomic mass is 79.9. The van der Waals surface area contributed by atoms with Crippen molar-refractivity contribution in [1.29, 1.82) is 0 Å². The van der Waals surface area contributed by atoms with Crippen LogP contribution in [0.5, 0.6) is 0 Å². The van der Waals surface area contributed by atoms with Gasteiger partial charge in [0.1, 0.15) is 0 Å². The van der Waals surface area contributed by atoms with Crippen LogP contribution in [0.25, 0.3) is 5.52 Å². The fraction of sp³-hybridized carbons (Fsp3) is 0.364. The van der Waals surface area contributed by atoms with E-state index in [4.69, 9.17) is 0 Å². The van der Waals surface area contributed by atoms with Crippen LogP contribution >= 0.6 is 15.9 Å². The Morgan fingerprint density at radius 3 is 2.71 bits per heavy atom. The van der Waals surface area contributed by atoms with E-state index in [1.54, 1.807) is 0 Å². The fourth-order valence-electron chi connectivity index (χ4n) is 1.61. The van der Waals surface area contributed by atoms with Gasteiger partial charge in [-0.15, -0.1) is 0 Å². The summed E-state index contributed by atoms with van der Waals surface area (Å²) in [5.74, 6) is 0. The van der Waals surface area contributed by atoms with E-state index in [2.05, 4.69) is 47.9 Å². The first-order valence-electron chi connectivity index (χ1n) is 4.62. The average Bonchev–Trinajstić information content (AvgIpc) is 2.46. The first-order valence-corrected chi connectivity index (χ1v) is 5.42. The summed E-state index contributed by atoms with van der Waals surface area (Å²) in [5, 5.41) is 4.26. The molecule has 0 spiro atoms. The zero-order valence-corrected chi connectivity index (χ0v) is 10.2. The summed E-state index contributed by atoms with van der Waals surface area (Å²) in [6.45, 7) is 6.63. The smallest absolute Gasteiger partial charge is 0.0841 e. The fourth-order valence-corrected chi connectivity index (χ4v) is 2.10. The molecule has 0 radical (unpaired) electrons. The molecular weight excluding hydrogens is 240 g/mol. The maximum atomic E-state index is 4.26. The molecule has 0 N–H and O–H groups in total. The summed E-state index contributed by atoms with van der Waals surface area (Å²) in [6.07, 6.45) is 3.81. The van der Waals surface area contributed by atoms with E-state index in [-0.39, 0.29) is 5.41 Å². The number of hydrogen-bond acceptors (Lipinski definition) is 1. The monoisotopic (exact) mass is 252 g/mol. The van der Waals surface area contributed by atoms with E-state index in [0.717, 1.165) is 4.47 Å². The van der Waals surface area contributed by atoms with Crippen LogP contribution in [0.1, 0.15) is 26.3 Å². The van der Waals surface area contributed by atoms with Crippen LogP contribution in [-0.4, -0.2) is 9.61 Å². The van der Waals surface area contributed by atoms with Gasteiger partial charge in [-0.1, -0.05) is 26.8 Å². The Kier molecular flexibility index (Phi) is 2.14. The highest BCUT2D eigenvalue weighted by Crippen LogP contribution is 2.30. The lowest BCUT2D eigenvalue weighted by Gasteiger charge is -2.20. The summed E-state index contributed by atoms with van der Waals surface area (Å²) < 4.78 is 2.97. The number of nitrogens with zero attached hydrogens (tertiary/aromatic N) is 2. The van der Waals surface area contributed by atoms with Gasteiger partial charge in [0.2, 0.25) is 0 Å². The molecule has 0 aliphatic carbocycles. The van der Waals surface area contributed by atoms with Gasteiger partial charge in [0, 0.05) is 6.20 Å². The lowest BCUT2D eigenvalue weighted by atomic mass is 9.87. The van der Waals surface area contributed by atoms with Crippen LogP contribution in [0.4, 0.5) is 0 Å².